The Morgan fingerprint density at radius 3 is 2.13 bits per heavy atom. The molecule has 0 fully saturated rings. The molecule has 0 spiro atoms. The number of phenols is 4. The first-order valence-corrected chi connectivity index (χ1v) is 6.39. The molecule has 0 radical (unpaired) electrons. The van der Waals surface area contributed by atoms with Crippen LogP contribution in [0.25, 0.3) is 21.9 Å². The maximum absolute atomic E-state index is 12.7. The summed E-state index contributed by atoms with van der Waals surface area (Å²) in [6.45, 7) is 0. The first-order valence-electron chi connectivity index (χ1n) is 6.39. The van der Waals surface area contributed by atoms with Crippen molar-refractivity contribution in [1.29, 1.82) is 0 Å². The van der Waals surface area contributed by atoms with E-state index < -0.39 is 34.0 Å². The zero-order chi connectivity index (χ0) is 16.9. The first kappa shape index (κ1) is 14.6. The minimum absolute atomic E-state index is 0.0433. The lowest BCUT2D eigenvalue weighted by Gasteiger charge is -2.14. The summed E-state index contributed by atoms with van der Waals surface area (Å²) in [5.41, 5.74) is -1.37. The number of ether oxygens (including phenoxy) is 2. The number of phenolic OH excluding ortho intramolecular Hbond substituents is 4. The highest BCUT2D eigenvalue weighted by molar-refractivity contribution is 6.01. The van der Waals surface area contributed by atoms with Crippen molar-refractivity contribution in [3.05, 3.63) is 22.4 Å². The molecule has 4 N–H and O–H groups in total. The van der Waals surface area contributed by atoms with E-state index >= 15 is 0 Å². The third-order valence-electron chi connectivity index (χ3n) is 3.51. The summed E-state index contributed by atoms with van der Waals surface area (Å²) >= 11 is 0. The van der Waals surface area contributed by atoms with Gasteiger partial charge in [0.05, 0.1) is 19.6 Å². The standard InChI is InChI=1S/C15H12O8/c1-21-14-7-8(17)5-3-4-6(16)9(18)12(5)23-13(7)10(19)11(20)15(14)22-2/h3-4,16,18-20H,1-2H3. The molecular weight excluding hydrogens is 308 g/mol. The molecule has 0 aliphatic rings. The molecule has 0 unspecified atom stereocenters. The molecule has 0 aliphatic heterocycles. The predicted octanol–water partition coefficient (Wildman–Crippen LogP) is 1.79. The Balaban J connectivity index is 2.67. The van der Waals surface area contributed by atoms with Crippen LogP contribution in [0.1, 0.15) is 0 Å². The maximum atomic E-state index is 12.7. The van der Waals surface area contributed by atoms with Crippen molar-refractivity contribution in [1.82, 2.24) is 0 Å². The highest BCUT2D eigenvalue weighted by Gasteiger charge is 2.26. The van der Waals surface area contributed by atoms with Gasteiger partial charge < -0.3 is 34.3 Å². The van der Waals surface area contributed by atoms with Gasteiger partial charge in [0.1, 0.15) is 5.39 Å². The lowest BCUT2D eigenvalue weighted by molar-refractivity contribution is 0.323. The average molecular weight is 320 g/mol. The molecule has 0 aliphatic carbocycles. The Morgan fingerprint density at radius 2 is 1.52 bits per heavy atom. The largest absolute Gasteiger partial charge is 0.504 e. The van der Waals surface area contributed by atoms with Gasteiger partial charge in [-0.05, 0) is 12.1 Å². The van der Waals surface area contributed by atoms with E-state index in [0.717, 1.165) is 6.07 Å². The van der Waals surface area contributed by atoms with Crippen LogP contribution in [0.4, 0.5) is 0 Å². The second-order valence-electron chi connectivity index (χ2n) is 4.71. The van der Waals surface area contributed by atoms with Crippen LogP contribution in [-0.4, -0.2) is 34.6 Å². The lowest BCUT2D eigenvalue weighted by Crippen LogP contribution is -2.05. The Morgan fingerprint density at radius 1 is 0.870 bits per heavy atom. The summed E-state index contributed by atoms with van der Waals surface area (Å²) in [6, 6.07) is 2.38. The summed E-state index contributed by atoms with van der Waals surface area (Å²) in [5.74, 6) is -2.94. The molecule has 0 atom stereocenters. The first-order chi connectivity index (χ1) is 10.9. The molecule has 2 aromatic carbocycles. The molecule has 3 aromatic rings. The average Bonchev–Trinajstić information content (AvgIpc) is 2.54. The van der Waals surface area contributed by atoms with Gasteiger partial charge in [-0.1, -0.05) is 0 Å². The van der Waals surface area contributed by atoms with E-state index in [1.54, 1.807) is 0 Å². The number of benzene rings is 2. The molecule has 1 aromatic heterocycles. The molecule has 8 heteroatoms. The van der Waals surface area contributed by atoms with Crippen LogP contribution < -0.4 is 14.9 Å². The highest BCUT2D eigenvalue weighted by atomic mass is 16.5. The molecule has 23 heavy (non-hydrogen) atoms. The molecule has 3 rings (SSSR count). The predicted molar refractivity (Wildman–Crippen MR) is 79.8 cm³/mol. The summed E-state index contributed by atoms with van der Waals surface area (Å²) in [6.07, 6.45) is 0. The van der Waals surface area contributed by atoms with Gasteiger partial charge in [-0.25, -0.2) is 0 Å². The third-order valence-corrected chi connectivity index (χ3v) is 3.51. The number of methoxy groups -OCH3 is 2. The second-order valence-corrected chi connectivity index (χ2v) is 4.71. The van der Waals surface area contributed by atoms with Crippen LogP contribution in [0.3, 0.4) is 0 Å². The Hall–Kier alpha value is -3.29. The SMILES string of the molecule is COc1c(O)c(O)c2oc3c(O)c(O)ccc3c(=O)c2c1OC. The van der Waals surface area contributed by atoms with Crippen LogP contribution in [-0.2, 0) is 0 Å². The monoisotopic (exact) mass is 320 g/mol. The molecule has 8 nitrogen and oxygen atoms in total. The number of rotatable bonds is 2. The Bertz CT molecular complexity index is 1000. The van der Waals surface area contributed by atoms with Crippen molar-refractivity contribution in [3.8, 4) is 34.5 Å². The van der Waals surface area contributed by atoms with Gasteiger partial charge in [-0.3, -0.25) is 4.79 Å². The smallest absolute Gasteiger partial charge is 0.208 e. The van der Waals surface area contributed by atoms with Gasteiger partial charge in [0.2, 0.25) is 28.4 Å². The zero-order valence-electron chi connectivity index (χ0n) is 12.1. The highest BCUT2D eigenvalue weighted by Crippen LogP contribution is 2.49. The third kappa shape index (κ3) is 1.81. The topological polar surface area (TPSA) is 130 Å². The number of fused-ring (bicyclic) bond motifs is 2. The van der Waals surface area contributed by atoms with E-state index in [-0.39, 0.29) is 27.9 Å². The minimum atomic E-state index is -0.751. The summed E-state index contributed by atoms with van der Waals surface area (Å²) < 4.78 is 15.4. The molecule has 1 heterocycles. The van der Waals surface area contributed by atoms with Gasteiger partial charge in [0, 0.05) is 0 Å². The van der Waals surface area contributed by atoms with Crippen LogP contribution in [0.2, 0.25) is 0 Å². The molecular formula is C15H12O8. The Labute approximate surface area is 128 Å². The van der Waals surface area contributed by atoms with Crippen molar-refractivity contribution >= 4 is 21.9 Å². The van der Waals surface area contributed by atoms with Gasteiger partial charge in [0.15, 0.2) is 22.7 Å². The number of aromatic hydroxyl groups is 4. The maximum Gasteiger partial charge on any atom is 0.208 e. The van der Waals surface area contributed by atoms with E-state index in [2.05, 4.69) is 0 Å². The molecule has 0 bridgehead atoms. The molecule has 120 valence electrons. The van der Waals surface area contributed by atoms with Crippen LogP contribution in [0, 0.1) is 0 Å². The van der Waals surface area contributed by atoms with Crippen LogP contribution in [0.5, 0.6) is 34.5 Å². The summed E-state index contributed by atoms with van der Waals surface area (Å²) in [4.78, 5) is 12.7. The van der Waals surface area contributed by atoms with E-state index in [9.17, 15) is 25.2 Å². The Kier molecular flexibility index (Phi) is 3.10. The number of hydrogen-bond acceptors (Lipinski definition) is 8. The van der Waals surface area contributed by atoms with Gasteiger partial charge >= 0.3 is 0 Å². The quantitative estimate of drug-likeness (QED) is 0.415. The van der Waals surface area contributed by atoms with E-state index in [1.807, 2.05) is 0 Å². The van der Waals surface area contributed by atoms with Crippen molar-refractivity contribution in [2.45, 2.75) is 0 Å². The van der Waals surface area contributed by atoms with E-state index in [4.69, 9.17) is 13.9 Å². The minimum Gasteiger partial charge on any atom is -0.504 e. The van der Waals surface area contributed by atoms with Crippen molar-refractivity contribution in [2.75, 3.05) is 14.2 Å². The fourth-order valence-electron chi connectivity index (χ4n) is 2.43. The van der Waals surface area contributed by atoms with Crippen LogP contribution >= 0.6 is 0 Å². The van der Waals surface area contributed by atoms with E-state index in [0.29, 0.717) is 0 Å². The second kappa shape index (κ2) is 4.87. The molecule has 0 saturated heterocycles. The van der Waals surface area contributed by atoms with Crippen molar-refractivity contribution in [2.24, 2.45) is 0 Å². The molecule has 0 saturated carbocycles. The molecule has 0 amide bonds. The van der Waals surface area contributed by atoms with Crippen LogP contribution in [0.15, 0.2) is 21.3 Å². The fourth-order valence-corrected chi connectivity index (χ4v) is 2.43. The zero-order valence-corrected chi connectivity index (χ0v) is 12.1. The van der Waals surface area contributed by atoms with Gasteiger partial charge in [-0.2, -0.15) is 0 Å². The fraction of sp³-hybridized carbons (Fsp3) is 0.133. The van der Waals surface area contributed by atoms with Gasteiger partial charge in [0.25, 0.3) is 0 Å². The van der Waals surface area contributed by atoms with E-state index in [1.165, 1.54) is 20.3 Å². The lowest BCUT2D eigenvalue weighted by atomic mass is 10.1. The van der Waals surface area contributed by atoms with Crippen molar-refractivity contribution < 1.29 is 34.3 Å². The summed E-state index contributed by atoms with van der Waals surface area (Å²) in [7, 11) is 2.49. The van der Waals surface area contributed by atoms with Crippen molar-refractivity contribution in [3.63, 3.8) is 0 Å². The normalized spacial score (nSPS) is 11.0. The van der Waals surface area contributed by atoms with Gasteiger partial charge in [-0.15, -0.1) is 0 Å². The number of hydrogen-bond donors (Lipinski definition) is 4. The summed E-state index contributed by atoms with van der Waals surface area (Å²) in [5, 5.41) is 39.2.